The molecule has 1 fully saturated rings. The third-order valence-electron chi connectivity index (χ3n) is 3.26. The summed E-state index contributed by atoms with van der Waals surface area (Å²) in [6.07, 6.45) is 3.36. The highest BCUT2D eigenvalue weighted by Crippen LogP contribution is 2.25. The van der Waals surface area contributed by atoms with Gasteiger partial charge in [0.2, 0.25) is 0 Å². The van der Waals surface area contributed by atoms with Crippen LogP contribution in [0.1, 0.15) is 26.8 Å². The monoisotopic (exact) mass is 296 g/mol. The predicted octanol–water partition coefficient (Wildman–Crippen LogP) is 1.17. The van der Waals surface area contributed by atoms with E-state index in [2.05, 4.69) is 10.4 Å². The lowest BCUT2D eigenvalue weighted by atomic mass is 9.97. The van der Waals surface area contributed by atoms with Gasteiger partial charge in [0, 0.05) is 12.2 Å². The maximum atomic E-state index is 12.0. The van der Waals surface area contributed by atoms with E-state index in [0.717, 1.165) is 0 Å². The molecule has 2 heterocycles. The molecule has 0 aliphatic carbocycles. The van der Waals surface area contributed by atoms with Crippen molar-refractivity contribution in [2.45, 2.75) is 32.4 Å². The van der Waals surface area contributed by atoms with Crippen molar-refractivity contribution in [2.75, 3.05) is 25.0 Å². The number of likely N-dealkylation sites (tertiary alicyclic amines) is 1. The van der Waals surface area contributed by atoms with E-state index in [1.54, 1.807) is 28.9 Å². The number of urea groups is 1. The minimum Gasteiger partial charge on any atom is -0.480 e. The Kier molecular flexibility index (Phi) is 4.17. The average Bonchev–Trinajstić information content (AvgIpc) is 2.81. The molecule has 0 bridgehead atoms. The Morgan fingerprint density at radius 1 is 1.52 bits per heavy atom. The molecule has 1 aromatic rings. The lowest BCUT2D eigenvalue weighted by Gasteiger charge is -2.46. The SMILES string of the molecule is CC(C)n1cc(NC(=O)N2CC(C)(OCC(=O)O)C2)cn1. The van der Waals surface area contributed by atoms with Gasteiger partial charge in [-0.2, -0.15) is 5.10 Å². The molecule has 0 unspecified atom stereocenters. The Balaban J connectivity index is 1.81. The smallest absolute Gasteiger partial charge is 0.329 e. The number of rotatable bonds is 5. The first-order chi connectivity index (χ1) is 9.79. The Bertz CT molecular complexity index is 534. The number of carboxylic acid groups (broad SMARTS) is 1. The zero-order valence-electron chi connectivity index (χ0n) is 12.4. The third kappa shape index (κ3) is 3.72. The second-order valence-electron chi connectivity index (χ2n) is 5.72. The molecule has 1 saturated heterocycles. The van der Waals surface area contributed by atoms with E-state index in [9.17, 15) is 9.59 Å². The summed E-state index contributed by atoms with van der Waals surface area (Å²) in [6, 6.07) is -0.0120. The van der Waals surface area contributed by atoms with Crippen LogP contribution in [0.15, 0.2) is 12.4 Å². The van der Waals surface area contributed by atoms with Crippen molar-refractivity contribution in [3.8, 4) is 0 Å². The van der Waals surface area contributed by atoms with Crippen LogP contribution in [-0.4, -0.2) is 57.1 Å². The molecule has 8 heteroatoms. The molecule has 2 amide bonds. The number of anilines is 1. The lowest BCUT2D eigenvalue weighted by Crippen LogP contribution is -2.64. The van der Waals surface area contributed by atoms with E-state index in [4.69, 9.17) is 9.84 Å². The normalized spacial score (nSPS) is 16.7. The maximum Gasteiger partial charge on any atom is 0.329 e. The third-order valence-corrected chi connectivity index (χ3v) is 3.26. The Labute approximate surface area is 122 Å². The number of hydrogen-bond donors (Lipinski definition) is 2. The molecule has 8 nitrogen and oxygen atoms in total. The molecule has 0 spiro atoms. The summed E-state index contributed by atoms with van der Waals surface area (Å²) in [5.74, 6) is -1.01. The van der Waals surface area contributed by atoms with Crippen LogP contribution in [-0.2, 0) is 9.53 Å². The van der Waals surface area contributed by atoms with Gasteiger partial charge in [0.05, 0.1) is 25.0 Å². The standard InChI is InChI=1S/C13H20N4O4/c1-9(2)17-5-10(4-14-17)15-12(20)16-7-13(3,8-16)21-6-11(18)19/h4-5,9H,6-8H2,1-3H3,(H,15,20)(H,18,19). The Morgan fingerprint density at radius 2 is 2.19 bits per heavy atom. The molecule has 116 valence electrons. The van der Waals surface area contributed by atoms with Crippen molar-refractivity contribution in [3.63, 3.8) is 0 Å². The van der Waals surface area contributed by atoms with E-state index < -0.39 is 11.6 Å². The number of carbonyl (C=O) groups is 2. The highest BCUT2D eigenvalue weighted by molar-refractivity contribution is 5.89. The molecular formula is C13H20N4O4. The summed E-state index contributed by atoms with van der Waals surface area (Å²) in [5, 5.41) is 15.5. The van der Waals surface area contributed by atoms with Gasteiger partial charge in [-0.25, -0.2) is 9.59 Å². The number of amides is 2. The summed E-state index contributed by atoms with van der Waals surface area (Å²) < 4.78 is 7.01. The van der Waals surface area contributed by atoms with Gasteiger partial charge in [-0.3, -0.25) is 4.68 Å². The summed E-state index contributed by atoms with van der Waals surface area (Å²) in [5.41, 5.74) is 0.0476. The summed E-state index contributed by atoms with van der Waals surface area (Å²) in [7, 11) is 0. The Morgan fingerprint density at radius 3 is 2.71 bits per heavy atom. The van der Waals surface area contributed by atoms with Crippen LogP contribution in [0.25, 0.3) is 0 Å². The van der Waals surface area contributed by atoms with Crippen LogP contribution in [0, 0.1) is 0 Å². The fourth-order valence-corrected chi connectivity index (χ4v) is 2.12. The zero-order valence-corrected chi connectivity index (χ0v) is 12.4. The number of nitrogens with one attached hydrogen (secondary N) is 1. The van der Waals surface area contributed by atoms with Gasteiger partial charge >= 0.3 is 12.0 Å². The first kappa shape index (κ1) is 15.3. The number of nitrogens with zero attached hydrogens (tertiary/aromatic N) is 3. The summed E-state index contributed by atoms with van der Waals surface area (Å²) >= 11 is 0. The Hall–Kier alpha value is -2.09. The number of aromatic nitrogens is 2. The van der Waals surface area contributed by atoms with Gasteiger partial charge in [0.15, 0.2) is 0 Å². The number of carbonyl (C=O) groups excluding carboxylic acids is 1. The second kappa shape index (κ2) is 5.72. The van der Waals surface area contributed by atoms with Crippen LogP contribution in [0.2, 0.25) is 0 Å². The largest absolute Gasteiger partial charge is 0.480 e. The number of hydrogen-bond acceptors (Lipinski definition) is 4. The quantitative estimate of drug-likeness (QED) is 0.850. The zero-order chi connectivity index (χ0) is 15.6. The van der Waals surface area contributed by atoms with Gasteiger partial charge in [0.25, 0.3) is 0 Å². The van der Waals surface area contributed by atoms with E-state index in [-0.39, 0.29) is 18.7 Å². The number of ether oxygens (including phenoxy) is 1. The summed E-state index contributed by atoms with van der Waals surface area (Å²) in [4.78, 5) is 24.0. The van der Waals surface area contributed by atoms with Gasteiger partial charge in [-0.15, -0.1) is 0 Å². The average molecular weight is 296 g/mol. The molecule has 0 saturated carbocycles. The first-order valence-electron chi connectivity index (χ1n) is 6.75. The molecule has 2 N–H and O–H groups in total. The molecule has 1 aliphatic heterocycles. The second-order valence-corrected chi connectivity index (χ2v) is 5.72. The molecule has 1 aromatic heterocycles. The highest BCUT2D eigenvalue weighted by atomic mass is 16.5. The van der Waals surface area contributed by atoms with Crippen molar-refractivity contribution < 1.29 is 19.4 Å². The van der Waals surface area contributed by atoms with Crippen LogP contribution in [0.3, 0.4) is 0 Å². The molecule has 0 atom stereocenters. The fraction of sp³-hybridized carbons (Fsp3) is 0.615. The van der Waals surface area contributed by atoms with Crippen LogP contribution in [0.5, 0.6) is 0 Å². The van der Waals surface area contributed by atoms with Gasteiger partial charge in [-0.05, 0) is 20.8 Å². The molecule has 21 heavy (non-hydrogen) atoms. The van der Waals surface area contributed by atoms with Gasteiger partial charge in [-0.1, -0.05) is 0 Å². The van der Waals surface area contributed by atoms with Crippen LogP contribution >= 0.6 is 0 Å². The molecule has 0 aromatic carbocycles. The lowest BCUT2D eigenvalue weighted by molar-refractivity contribution is -0.159. The van der Waals surface area contributed by atoms with E-state index in [0.29, 0.717) is 18.8 Å². The first-order valence-corrected chi connectivity index (χ1v) is 6.75. The van der Waals surface area contributed by atoms with Crippen LogP contribution in [0.4, 0.5) is 10.5 Å². The van der Waals surface area contributed by atoms with Crippen LogP contribution < -0.4 is 5.32 Å². The highest BCUT2D eigenvalue weighted by Gasteiger charge is 2.42. The predicted molar refractivity (Wildman–Crippen MR) is 75.2 cm³/mol. The van der Waals surface area contributed by atoms with Crippen molar-refractivity contribution in [2.24, 2.45) is 0 Å². The van der Waals surface area contributed by atoms with Gasteiger partial charge < -0.3 is 20.1 Å². The van der Waals surface area contributed by atoms with E-state index in [1.165, 1.54) is 0 Å². The van der Waals surface area contributed by atoms with Gasteiger partial charge in [0.1, 0.15) is 12.2 Å². The van der Waals surface area contributed by atoms with Crippen molar-refractivity contribution in [1.82, 2.24) is 14.7 Å². The molecular weight excluding hydrogens is 276 g/mol. The van der Waals surface area contributed by atoms with Crippen molar-refractivity contribution >= 4 is 17.7 Å². The van der Waals surface area contributed by atoms with Crippen molar-refractivity contribution in [3.05, 3.63) is 12.4 Å². The number of aliphatic carboxylic acids is 1. The minimum atomic E-state index is -1.01. The summed E-state index contributed by atoms with van der Waals surface area (Å²) in [6.45, 7) is 6.16. The topological polar surface area (TPSA) is 96.7 Å². The van der Waals surface area contributed by atoms with Crippen molar-refractivity contribution in [1.29, 1.82) is 0 Å². The maximum absolute atomic E-state index is 12.0. The van der Waals surface area contributed by atoms with E-state index in [1.807, 2.05) is 13.8 Å². The molecule has 2 rings (SSSR count). The van der Waals surface area contributed by atoms with E-state index >= 15 is 0 Å². The minimum absolute atomic E-state index is 0.229. The molecule has 1 aliphatic rings. The number of carboxylic acids is 1. The molecule has 0 radical (unpaired) electrons. The fourth-order valence-electron chi connectivity index (χ4n) is 2.12.